The van der Waals surface area contributed by atoms with Crippen LogP contribution in [0, 0.1) is 23.7 Å². The molecular weight excluding hydrogens is 203 g/mol. The Kier molecular flexibility index (Phi) is 4.61. The second-order valence-electron chi connectivity index (χ2n) is 7.55. The summed E-state index contributed by atoms with van der Waals surface area (Å²) in [4.78, 5) is 0. The fourth-order valence-corrected chi connectivity index (χ4v) is 4.72. The van der Waals surface area contributed by atoms with Gasteiger partial charge in [-0.3, -0.25) is 0 Å². The van der Waals surface area contributed by atoms with E-state index in [1.807, 2.05) is 0 Å². The van der Waals surface area contributed by atoms with E-state index in [0.29, 0.717) is 0 Å². The average molecular weight is 233 g/mol. The summed E-state index contributed by atoms with van der Waals surface area (Å²) in [5.41, 5.74) is 0. The summed E-state index contributed by atoms with van der Waals surface area (Å²) in [6.45, 7) is 9.79. The molecule has 4 unspecified atom stereocenters. The van der Waals surface area contributed by atoms with E-state index in [1.165, 1.54) is 38.5 Å². The van der Waals surface area contributed by atoms with Crippen LogP contribution in [0.3, 0.4) is 0 Å². The molecule has 0 aliphatic heterocycles. The highest BCUT2D eigenvalue weighted by molar-refractivity contribution is 6.39. The highest BCUT2D eigenvalue weighted by Crippen LogP contribution is 2.42. The van der Waals surface area contributed by atoms with Crippen LogP contribution in [0.15, 0.2) is 0 Å². The molecule has 0 aromatic rings. The normalized spacial score (nSPS) is 47.8. The maximum atomic E-state index is 2.76. The first-order valence-corrected chi connectivity index (χ1v) is 7.88. The Labute approximate surface area is 109 Å². The first kappa shape index (κ1) is 13.5. The van der Waals surface area contributed by atoms with Gasteiger partial charge in [0.2, 0.25) is 0 Å². The second kappa shape index (κ2) is 5.80. The lowest BCUT2D eigenvalue weighted by molar-refractivity contribution is 0.282. The van der Waals surface area contributed by atoms with Crippen LogP contribution < -0.4 is 0 Å². The molecule has 2 aliphatic carbocycles. The summed E-state index contributed by atoms with van der Waals surface area (Å²) < 4.78 is 0. The molecular formula is C16H30B. The van der Waals surface area contributed by atoms with Crippen LogP contribution in [0.2, 0.25) is 11.6 Å². The van der Waals surface area contributed by atoms with Gasteiger partial charge in [-0.1, -0.05) is 65.0 Å². The highest BCUT2D eigenvalue weighted by atomic mass is 14.3. The molecule has 2 rings (SSSR count). The molecule has 0 heterocycles. The van der Waals surface area contributed by atoms with Gasteiger partial charge < -0.3 is 0 Å². The van der Waals surface area contributed by atoms with Crippen LogP contribution in [0.4, 0.5) is 0 Å². The zero-order valence-corrected chi connectivity index (χ0v) is 12.3. The summed E-state index contributed by atoms with van der Waals surface area (Å²) in [5.74, 6) is 5.68. The summed E-state index contributed by atoms with van der Waals surface area (Å²) in [6, 6.07) is 0. The van der Waals surface area contributed by atoms with E-state index in [2.05, 4.69) is 35.0 Å². The Bertz CT molecular complexity index is 194. The van der Waals surface area contributed by atoms with E-state index < -0.39 is 0 Å². The van der Waals surface area contributed by atoms with Gasteiger partial charge in [0.05, 0.1) is 0 Å². The van der Waals surface area contributed by atoms with Gasteiger partial charge in [-0.2, -0.15) is 0 Å². The van der Waals surface area contributed by atoms with Crippen molar-refractivity contribution in [3.05, 3.63) is 0 Å². The lowest BCUT2D eigenvalue weighted by Gasteiger charge is -2.37. The number of hydrogen-bond acceptors (Lipinski definition) is 0. The first-order valence-electron chi connectivity index (χ1n) is 7.88. The Morgan fingerprint density at radius 2 is 0.824 bits per heavy atom. The number of hydrogen-bond donors (Lipinski definition) is 0. The van der Waals surface area contributed by atoms with Crippen molar-refractivity contribution in [1.82, 2.24) is 0 Å². The van der Waals surface area contributed by atoms with E-state index in [4.69, 9.17) is 0 Å². The van der Waals surface area contributed by atoms with Crippen molar-refractivity contribution in [3.63, 3.8) is 0 Å². The molecule has 2 aliphatic rings. The molecule has 2 saturated carbocycles. The minimum atomic E-state index is 0.927. The molecule has 97 valence electrons. The Morgan fingerprint density at radius 3 is 1.12 bits per heavy atom. The zero-order chi connectivity index (χ0) is 12.4. The summed E-state index contributed by atoms with van der Waals surface area (Å²) in [7, 11) is 2.76. The molecule has 0 saturated heterocycles. The fraction of sp³-hybridized carbons (Fsp3) is 1.00. The molecule has 0 amide bonds. The van der Waals surface area contributed by atoms with Gasteiger partial charge in [0.15, 0.2) is 0 Å². The van der Waals surface area contributed by atoms with Gasteiger partial charge in [0, 0.05) is 0 Å². The molecule has 1 radical (unpaired) electrons. The van der Waals surface area contributed by atoms with Crippen molar-refractivity contribution in [1.29, 1.82) is 0 Å². The summed E-state index contributed by atoms with van der Waals surface area (Å²) in [6.07, 6.45) is 8.77. The molecule has 0 nitrogen and oxygen atoms in total. The van der Waals surface area contributed by atoms with Gasteiger partial charge >= 0.3 is 0 Å². The minimum absolute atomic E-state index is 0.927. The van der Waals surface area contributed by atoms with E-state index in [-0.39, 0.29) is 0 Å². The van der Waals surface area contributed by atoms with E-state index in [1.54, 1.807) is 0 Å². The monoisotopic (exact) mass is 233 g/mol. The van der Waals surface area contributed by atoms with Crippen molar-refractivity contribution in [2.24, 2.45) is 23.7 Å². The van der Waals surface area contributed by atoms with Crippen molar-refractivity contribution in [2.75, 3.05) is 0 Å². The predicted molar refractivity (Wildman–Crippen MR) is 77.6 cm³/mol. The largest absolute Gasteiger partial charge is 0.117 e. The third-order valence-corrected chi connectivity index (χ3v) is 4.97. The summed E-state index contributed by atoms with van der Waals surface area (Å²) >= 11 is 0. The average Bonchev–Trinajstić information content (AvgIpc) is 2.13. The van der Waals surface area contributed by atoms with Gasteiger partial charge in [-0.25, -0.2) is 0 Å². The molecule has 0 bridgehead atoms. The zero-order valence-electron chi connectivity index (χ0n) is 12.3. The van der Waals surface area contributed by atoms with E-state index >= 15 is 0 Å². The standard InChI is InChI=1S/C16H30B/c1-11-5-12(2)8-15(7-11)17-16-9-13(3)6-14(4)10-16/h11-16H,5-10H2,1-4H3. The van der Waals surface area contributed by atoms with Crippen LogP contribution in [-0.2, 0) is 0 Å². The topological polar surface area (TPSA) is 0 Å². The SMILES string of the molecule is CC1CC(C)CC([B]C2CC(C)CC(C)C2)C1. The smallest absolute Gasteiger partial charge is 0.0681 e. The molecule has 4 atom stereocenters. The Hall–Kier alpha value is 0.0649. The Balaban J connectivity index is 1.83. The highest BCUT2D eigenvalue weighted by Gasteiger charge is 2.30. The van der Waals surface area contributed by atoms with Gasteiger partial charge in [0.25, 0.3) is 0 Å². The van der Waals surface area contributed by atoms with E-state index in [9.17, 15) is 0 Å². The maximum absolute atomic E-state index is 2.76. The molecule has 0 aromatic carbocycles. The molecule has 0 spiro atoms. The van der Waals surface area contributed by atoms with Crippen LogP contribution >= 0.6 is 0 Å². The molecule has 0 N–H and O–H groups in total. The van der Waals surface area contributed by atoms with E-state index in [0.717, 1.165) is 35.3 Å². The Morgan fingerprint density at radius 1 is 0.529 bits per heavy atom. The molecule has 17 heavy (non-hydrogen) atoms. The number of rotatable bonds is 2. The second-order valence-corrected chi connectivity index (χ2v) is 7.55. The predicted octanol–water partition coefficient (Wildman–Crippen LogP) is 5.18. The molecule has 0 aromatic heterocycles. The quantitative estimate of drug-likeness (QED) is 0.576. The van der Waals surface area contributed by atoms with Crippen LogP contribution in [0.1, 0.15) is 66.2 Å². The van der Waals surface area contributed by atoms with Gasteiger partial charge in [-0.15, -0.1) is 0 Å². The van der Waals surface area contributed by atoms with Crippen LogP contribution in [0.5, 0.6) is 0 Å². The third-order valence-electron chi connectivity index (χ3n) is 4.97. The van der Waals surface area contributed by atoms with Gasteiger partial charge in [0.1, 0.15) is 7.28 Å². The van der Waals surface area contributed by atoms with Crippen molar-refractivity contribution in [2.45, 2.75) is 77.9 Å². The maximum Gasteiger partial charge on any atom is 0.117 e. The lowest BCUT2D eigenvalue weighted by Crippen LogP contribution is -2.26. The lowest BCUT2D eigenvalue weighted by atomic mass is 9.45. The van der Waals surface area contributed by atoms with Crippen LogP contribution in [-0.4, -0.2) is 7.28 Å². The van der Waals surface area contributed by atoms with Gasteiger partial charge in [-0.05, 0) is 36.5 Å². The summed E-state index contributed by atoms with van der Waals surface area (Å²) in [5, 5.41) is 0. The molecule has 1 heteroatoms. The third kappa shape index (κ3) is 4.03. The van der Waals surface area contributed by atoms with Crippen molar-refractivity contribution >= 4 is 7.28 Å². The van der Waals surface area contributed by atoms with Crippen LogP contribution in [0.25, 0.3) is 0 Å². The van der Waals surface area contributed by atoms with Crippen molar-refractivity contribution in [3.8, 4) is 0 Å². The minimum Gasteiger partial charge on any atom is -0.0681 e. The molecule has 2 fully saturated rings. The fourth-order valence-electron chi connectivity index (χ4n) is 4.72. The van der Waals surface area contributed by atoms with Crippen molar-refractivity contribution < 1.29 is 0 Å². The first-order chi connectivity index (χ1) is 8.02.